The molecule has 0 spiro atoms. The fourth-order valence-corrected chi connectivity index (χ4v) is 3.79. The van der Waals surface area contributed by atoms with E-state index in [2.05, 4.69) is 5.32 Å². The second kappa shape index (κ2) is 7.07. The highest BCUT2D eigenvalue weighted by molar-refractivity contribution is 6.30. The van der Waals surface area contributed by atoms with Crippen LogP contribution >= 0.6 is 11.6 Å². The first-order valence-electron chi connectivity index (χ1n) is 8.90. The number of rotatable bonds is 4. The number of ether oxygens (including phenoxy) is 1. The Morgan fingerprint density at radius 3 is 2.93 bits per heavy atom. The lowest BCUT2D eigenvalue weighted by atomic mass is 10.0. The lowest BCUT2D eigenvalue weighted by molar-refractivity contribution is -0.149. The van der Waals surface area contributed by atoms with Crippen molar-refractivity contribution in [3.05, 3.63) is 58.4 Å². The first-order chi connectivity index (χ1) is 13.4. The van der Waals surface area contributed by atoms with Crippen LogP contribution in [0.3, 0.4) is 0 Å². The van der Waals surface area contributed by atoms with Crippen LogP contribution in [-0.2, 0) is 22.6 Å². The zero-order valence-corrected chi connectivity index (χ0v) is 15.6. The summed E-state index contributed by atoms with van der Waals surface area (Å²) >= 11 is 5.80. The molecule has 0 aliphatic carbocycles. The number of fused-ring (bicyclic) bond motifs is 1. The fraction of sp³-hybridized carbons (Fsp3) is 0.300. The summed E-state index contributed by atoms with van der Waals surface area (Å²) in [6.07, 6.45) is 0.724. The molecule has 2 aliphatic heterocycles. The molecular weight excluding hydrogens is 387 g/mol. The summed E-state index contributed by atoms with van der Waals surface area (Å²) < 4.78 is 18.9. The average molecular weight is 405 g/mol. The lowest BCUT2D eigenvalue weighted by Crippen LogP contribution is -2.52. The predicted molar refractivity (Wildman–Crippen MR) is 101 cm³/mol. The number of amides is 2. The Morgan fingerprint density at radius 2 is 2.14 bits per heavy atom. The van der Waals surface area contributed by atoms with Gasteiger partial charge in [0.2, 0.25) is 5.60 Å². The molecule has 2 heterocycles. The molecule has 1 saturated heterocycles. The van der Waals surface area contributed by atoms with Crippen LogP contribution in [0, 0.1) is 5.82 Å². The number of halogens is 2. The van der Waals surface area contributed by atoms with E-state index in [9.17, 15) is 19.1 Å². The standard InChI is InChI=1S/C20H18ClFN2O4/c21-14-7-12(8-15(22)10-14)11-23-18(25)20(27)4-5-24(19(20)26)16-1-2-17-13(9-16)3-6-28-17/h1-2,7-10,27H,3-6,11H2,(H,23,25)/t20-/m0/s1. The minimum atomic E-state index is -2.16. The van der Waals surface area contributed by atoms with Crippen molar-refractivity contribution < 1.29 is 23.8 Å². The topological polar surface area (TPSA) is 78.9 Å². The van der Waals surface area contributed by atoms with E-state index in [4.69, 9.17) is 16.3 Å². The van der Waals surface area contributed by atoms with Gasteiger partial charge in [-0.1, -0.05) is 11.6 Å². The van der Waals surface area contributed by atoms with Crippen molar-refractivity contribution >= 4 is 29.1 Å². The number of benzene rings is 2. The predicted octanol–water partition coefficient (Wildman–Crippen LogP) is 2.20. The Bertz CT molecular complexity index is 947. The van der Waals surface area contributed by atoms with E-state index >= 15 is 0 Å². The summed E-state index contributed by atoms with van der Waals surface area (Å²) in [4.78, 5) is 26.7. The molecule has 4 rings (SSSR count). The summed E-state index contributed by atoms with van der Waals surface area (Å²) in [5.41, 5.74) is -0.113. The largest absolute Gasteiger partial charge is 0.493 e. The summed E-state index contributed by atoms with van der Waals surface area (Å²) in [6, 6.07) is 9.26. The van der Waals surface area contributed by atoms with Crippen LogP contribution in [0.5, 0.6) is 5.75 Å². The number of hydrogen-bond acceptors (Lipinski definition) is 4. The SMILES string of the molecule is O=C(NCc1cc(F)cc(Cl)c1)[C@@]1(O)CCN(c2ccc3c(c2)CCO3)C1=O. The highest BCUT2D eigenvalue weighted by atomic mass is 35.5. The number of aliphatic hydroxyl groups is 1. The molecule has 6 nitrogen and oxygen atoms in total. The first-order valence-corrected chi connectivity index (χ1v) is 9.28. The molecule has 0 aromatic heterocycles. The molecule has 8 heteroatoms. The van der Waals surface area contributed by atoms with E-state index in [1.807, 2.05) is 6.07 Å². The Kier molecular flexibility index (Phi) is 4.72. The molecule has 2 amide bonds. The van der Waals surface area contributed by atoms with Gasteiger partial charge in [-0.15, -0.1) is 0 Å². The molecule has 0 bridgehead atoms. The molecule has 0 saturated carbocycles. The molecule has 2 aliphatic rings. The molecule has 1 fully saturated rings. The number of anilines is 1. The minimum absolute atomic E-state index is 0.0326. The van der Waals surface area contributed by atoms with Gasteiger partial charge in [0.1, 0.15) is 11.6 Å². The van der Waals surface area contributed by atoms with Crippen LogP contribution < -0.4 is 15.0 Å². The van der Waals surface area contributed by atoms with Crippen molar-refractivity contribution in [3.63, 3.8) is 0 Å². The first kappa shape index (κ1) is 18.7. The molecule has 2 aromatic carbocycles. The molecule has 28 heavy (non-hydrogen) atoms. The maximum Gasteiger partial charge on any atom is 0.268 e. The van der Waals surface area contributed by atoms with Crippen molar-refractivity contribution in [1.29, 1.82) is 0 Å². The molecular formula is C20H18ClFN2O4. The van der Waals surface area contributed by atoms with Crippen molar-refractivity contribution in [3.8, 4) is 5.75 Å². The van der Waals surface area contributed by atoms with Gasteiger partial charge >= 0.3 is 0 Å². The Morgan fingerprint density at radius 1 is 1.32 bits per heavy atom. The van der Waals surface area contributed by atoms with Crippen LogP contribution in [0.25, 0.3) is 0 Å². The van der Waals surface area contributed by atoms with Crippen molar-refractivity contribution in [1.82, 2.24) is 5.32 Å². The summed E-state index contributed by atoms with van der Waals surface area (Å²) in [6.45, 7) is 0.763. The van der Waals surface area contributed by atoms with Gasteiger partial charge in [-0.2, -0.15) is 0 Å². The molecule has 0 unspecified atom stereocenters. The third-order valence-electron chi connectivity index (χ3n) is 5.03. The zero-order valence-electron chi connectivity index (χ0n) is 14.9. The quantitative estimate of drug-likeness (QED) is 0.766. The third kappa shape index (κ3) is 3.31. The van der Waals surface area contributed by atoms with Gasteiger partial charge < -0.3 is 20.1 Å². The second-order valence-electron chi connectivity index (χ2n) is 6.92. The number of carbonyl (C=O) groups is 2. The van der Waals surface area contributed by atoms with Crippen molar-refractivity contribution in [2.75, 3.05) is 18.1 Å². The average Bonchev–Trinajstić information content (AvgIpc) is 3.24. The number of nitrogens with one attached hydrogen (secondary N) is 1. The molecule has 146 valence electrons. The fourth-order valence-electron chi connectivity index (χ4n) is 3.54. The van der Waals surface area contributed by atoms with Crippen LogP contribution in [-0.4, -0.2) is 35.7 Å². The minimum Gasteiger partial charge on any atom is -0.493 e. The van der Waals surface area contributed by atoms with E-state index in [0.717, 1.165) is 23.8 Å². The van der Waals surface area contributed by atoms with Gasteiger partial charge in [-0.05, 0) is 47.5 Å². The number of hydrogen-bond donors (Lipinski definition) is 2. The normalized spacial score (nSPS) is 20.8. The Balaban J connectivity index is 1.47. The van der Waals surface area contributed by atoms with Crippen LogP contribution in [0.15, 0.2) is 36.4 Å². The van der Waals surface area contributed by atoms with Gasteiger partial charge in [0.05, 0.1) is 6.61 Å². The van der Waals surface area contributed by atoms with Crippen LogP contribution in [0.1, 0.15) is 17.5 Å². The lowest BCUT2D eigenvalue weighted by Gasteiger charge is -2.22. The second-order valence-corrected chi connectivity index (χ2v) is 7.35. The van der Waals surface area contributed by atoms with Crippen LogP contribution in [0.4, 0.5) is 10.1 Å². The molecule has 2 aromatic rings. The smallest absolute Gasteiger partial charge is 0.268 e. The Hall–Kier alpha value is -2.64. The van der Waals surface area contributed by atoms with Gasteiger partial charge in [0.15, 0.2) is 0 Å². The number of nitrogens with zero attached hydrogens (tertiary/aromatic N) is 1. The van der Waals surface area contributed by atoms with Gasteiger partial charge in [0, 0.05) is 36.6 Å². The van der Waals surface area contributed by atoms with E-state index in [1.54, 1.807) is 12.1 Å². The third-order valence-corrected chi connectivity index (χ3v) is 5.25. The summed E-state index contributed by atoms with van der Waals surface area (Å²) in [5, 5.41) is 13.4. The maximum absolute atomic E-state index is 13.4. The molecule has 2 N–H and O–H groups in total. The Labute approximate surface area is 165 Å². The van der Waals surface area contributed by atoms with Gasteiger partial charge in [0.25, 0.3) is 11.8 Å². The maximum atomic E-state index is 13.4. The molecule has 1 atom stereocenters. The highest BCUT2D eigenvalue weighted by Gasteiger charge is 2.51. The zero-order chi connectivity index (χ0) is 19.9. The van der Waals surface area contributed by atoms with E-state index in [-0.39, 0.29) is 24.5 Å². The van der Waals surface area contributed by atoms with Crippen molar-refractivity contribution in [2.24, 2.45) is 0 Å². The molecule has 0 radical (unpaired) electrons. The van der Waals surface area contributed by atoms with Gasteiger partial charge in [-0.25, -0.2) is 4.39 Å². The summed E-state index contributed by atoms with van der Waals surface area (Å²) in [7, 11) is 0. The number of carbonyl (C=O) groups excluding carboxylic acids is 2. The summed E-state index contributed by atoms with van der Waals surface area (Å²) in [5.74, 6) is -1.23. The van der Waals surface area contributed by atoms with E-state index < -0.39 is 23.2 Å². The highest BCUT2D eigenvalue weighted by Crippen LogP contribution is 2.33. The van der Waals surface area contributed by atoms with Gasteiger partial charge in [-0.3, -0.25) is 9.59 Å². The van der Waals surface area contributed by atoms with E-state index in [1.165, 1.54) is 17.0 Å². The van der Waals surface area contributed by atoms with Crippen LogP contribution in [0.2, 0.25) is 5.02 Å². The van der Waals surface area contributed by atoms with E-state index in [0.29, 0.717) is 17.9 Å². The monoisotopic (exact) mass is 404 g/mol. The van der Waals surface area contributed by atoms with Crippen molar-refractivity contribution in [2.45, 2.75) is 25.0 Å².